The maximum absolute atomic E-state index is 4.90. The van der Waals surface area contributed by atoms with E-state index in [1.165, 1.54) is 22.0 Å². The molecule has 0 spiro atoms. The van der Waals surface area contributed by atoms with E-state index in [4.69, 9.17) is 9.97 Å². The summed E-state index contributed by atoms with van der Waals surface area (Å²) in [6.45, 7) is 10.5. The third kappa shape index (κ3) is 5.84. The number of anilines is 1. The van der Waals surface area contributed by atoms with Gasteiger partial charge in [0.1, 0.15) is 5.82 Å². The van der Waals surface area contributed by atoms with Crippen LogP contribution in [0.4, 0.5) is 5.82 Å². The van der Waals surface area contributed by atoms with Gasteiger partial charge in [0.25, 0.3) is 0 Å². The minimum Gasteiger partial charge on any atom is -0.366 e. The number of fused-ring (bicyclic) bond motifs is 2. The highest BCUT2D eigenvalue weighted by atomic mass is 15.0. The number of nitrogens with one attached hydrogen (secondary N) is 1. The average Bonchev–Trinajstić information content (AvgIpc) is 3.32. The number of hydrogen-bond donors (Lipinski definition) is 1. The molecule has 5 heteroatoms. The molecule has 1 N–H and O–H groups in total. The molecule has 0 radical (unpaired) electrons. The summed E-state index contributed by atoms with van der Waals surface area (Å²) in [5.41, 5.74) is 6.47. The van der Waals surface area contributed by atoms with Crippen LogP contribution in [-0.4, -0.2) is 26.1 Å². The predicted octanol–water partition coefficient (Wildman–Crippen LogP) is 7.98. The molecule has 2 aromatic carbocycles. The zero-order valence-corrected chi connectivity index (χ0v) is 21.9. The first-order chi connectivity index (χ1) is 18.1. The molecule has 5 nitrogen and oxygen atoms in total. The summed E-state index contributed by atoms with van der Waals surface area (Å²) < 4.78 is 2.13. The van der Waals surface area contributed by atoms with Crippen LogP contribution >= 0.6 is 0 Å². The number of aromatic nitrogens is 4. The highest BCUT2D eigenvalue weighted by Crippen LogP contribution is 2.31. The molecule has 3 aromatic heterocycles. The summed E-state index contributed by atoms with van der Waals surface area (Å²) in [5, 5.41) is 5.74. The first-order valence-electron chi connectivity index (χ1n) is 12.6. The number of pyridine rings is 1. The van der Waals surface area contributed by atoms with Crippen molar-refractivity contribution in [2.24, 2.45) is 7.05 Å². The number of hydrogen-bond acceptors (Lipinski definition) is 4. The van der Waals surface area contributed by atoms with Crippen LogP contribution in [0, 0.1) is 0 Å². The molecule has 0 aliphatic carbocycles. The quantitative estimate of drug-likeness (QED) is 0.236. The van der Waals surface area contributed by atoms with E-state index in [0.29, 0.717) is 12.4 Å². The van der Waals surface area contributed by atoms with Gasteiger partial charge in [0.05, 0.1) is 5.52 Å². The molecule has 5 rings (SSSR count). The first kappa shape index (κ1) is 25.6. The molecule has 0 saturated heterocycles. The van der Waals surface area contributed by atoms with Gasteiger partial charge in [-0.25, -0.2) is 9.97 Å². The maximum atomic E-state index is 4.90. The fourth-order valence-corrected chi connectivity index (χ4v) is 4.11. The van der Waals surface area contributed by atoms with Gasteiger partial charge in [-0.3, -0.25) is 4.98 Å². The summed E-state index contributed by atoms with van der Waals surface area (Å²) in [5.74, 6) is 1.46. The Morgan fingerprint density at radius 3 is 2.57 bits per heavy atom. The fraction of sp³-hybridized carbons (Fsp3) is 0.156. The normalized spacial score (nSPS) is 11.5. The molecular weight excluding hydrogens is 454 g/mol. The lowest BCUT2D eigenvalue weighted by Gasteiger charge is -2.13. The van der Waals surface area contributed by atoms with Crippen molar-refractivity contribution >= 4 is 27.6 Å². The number of nitrogens with zero attached hydrogens (tertiary/aromatic N) is 4. The largest absolute Gasteiger partial charge is 0.366 e. The predicted molar refractivity (Wildman–Crippen MR) is 158 cm³/mol. The number of rotatable bonds is 7. The highest BCUT2D eigenvalue weighted by molar-refractivity contribution is 5.95. The van der Waals surface area contributed by atoms with Crippen LogP contribution in [0.25, 0.3) is 44.3 Å². The monoisotopic (exact) mass is 487 g/mol. The first-order valence-corrected chi connectivity index (χ1v) is 12.6. The van der Waals surface area contributed by atoms with Gasteiger partial charge >= 0.3 is 0 Å². The molecule has 186 valence electrons. The van der Waals surface area contributed by atoms with Gasteiger partial charge in [-0.05, 0) is 60.5 Å². The van der Waals surface area contributed by atoms with Crippen LogP contribution in [0.3, 0.4) is 0 Å². The standard InChI is InChI=1S/C30H27N5.C2H6/c1-4-5-6-8-21(2)19-32-30-26-18-23(22-11-13-28-24(17-22)14-16-35(28)3)10-12-27(26)33-29(34-30)25-9-7-15-31-20-25;1-2/h4-18,20H,1,19H2,2-3H3,(H,32,33,34);1-2H3/b6-5-,21-8+;. The zero-order chi connectivity index (χ0) is 26.2. The van der Waals surface area contributed by atoms with Gasteiger partial charge in [0.15, 0.2) is 5.82 Å². The number of benzene rings is 2. The highest BCUT2D eigenvalue weighted by Gasteiger charge is 2.12. The molecular formula is C32H33N5. The smallest absolute Gasteiger partial charge is 0.163 e. The van der Waals surface area contributed by atoms with Crippen molar-refractivity contribution in [1.82, 2.24) is 19.5 Å². The summed E-state index contributed by atoms with van der Waals surface area (Å²) in [4.78, 5) is 14.0. The number of aryl methyl sites for hydroxylation is 1. The van der Waals surface area contributed by atoms with Crippen LogP contribution in [0.2, 0.25) is 0 Å². The minimum atomic E-state index is 0.653. The maximum Gasteiger partial charge on any atom is 0.163 e. The lowest BCUT2D eigenvalue weighted by atomic mass is 10.0. The summed E-state index contributed by atoms with van der Waals surface area (Å²) >= 11 is 0. The van der Waals surface area contributed by atoms with Gasteiger partial charge < -0.3 is 9.88 Å². The zero-order valence-electron chi connectivity index (χ0n) is 21.9. The molecule has 3 heterocycles. The fourth-order valence-electron chi connectivity index (χ4n) is 4.11. The van der Waals surface area contributed by atoms with Gasteiger partial charge in [0, 0.05) is 54.0 Å². The van der Waals surface area contributed by atoms with Crippen molar-refractivity contribution in [2.75, 3.05) is 11.9 Å². The summed E-state index contributed by atoms with van der Waals surface area (Å²) in [7, 11) is 2.07. The Labute approximate surface area is 218 Å². The lowest BCUT2D eigenvalue weighted by molar-refractivity contribution is 0.969. The van der Waals surface area contributed by atoms with Crippen molar-refractivity contribution < 1.29 is 0 Å². The van der Waals surface area contributed by atoms with Crippen molar-refractivity contribution in [3.63, 3.8) is 0 Å². The Bertz CT molecular complexity index is 1580. The van der Waals surface area contributed by atoms with E-state index in [9.17, 15) is 0 Å². The van der Waals surface area contributed by atoms with E-state index in [-0.39, 0.29) is 0 Å². The second-order valence-corrected chi connectivity index (χ2v) is 8.56. The Kier molecular flexibility index (Phi) is 8.26. The molecule has 37 heavy (non-hydrogen) atoms. The van der Waals surface area contributed by atoms with Crippen molar-refractivity contribution in [3.8, 4) is 22.5 Å². The van der Waals surface area contributed by atoms with Crippen LogP contribution in [0.1, 0.15) is 20.8 Å². The topological polar surface area (TPSA) is 55.6 Å². The molecule has 5 aromatic rings. The Hall–Kier alpha value is -4.51. The average molecular weight is 488 g/mol. The minimum absolute atomic E-state index is 0.653. The van der Waals surface area contributed by atoms with E-state index < -0.39 is 0 Å². The Morgan fingerprint density at radius 1 is 0.973 bits per heavy atom. The van der Waals surface area contributed by atoms with Crippen LogP contribution < -0.4 is 5.32 Å². The SMILES string of the molecule is C=C/C=C\C=C(/C)CNc1nc(-c2cccnc2)nc2ccc(-c3ccc4c(ccn4C)c3)cc12.CC. The Morgan fingerprint density at radius 2 is 1.78 bits per heavy atom. The molecule has 0 fully saturated rings. The Balaban J connectivity index is 0.00000156. The van der Waals surface area contributed by atoms with E-state index in [1.807, 2.05) is 38.1 Å². The molecule has 0 bridgehead atoms. The van der Waals surface area contributed by atoms with Crippen LogP contribution in [0.15, 0.2) is 110 Å². The van der Waals surface area contributed by atoms with E-state index in [2.05, 4.69) is 90.2 Å². The van der Waals surface area contributed by atoms with Gasteiger partial charge in [-0.2, -0.15) is 0 Å². The summed E-state index contributed by atoms with van der Waals surface area (Å²) in [6.07, 6.45) is 13.4. The van der Waals surface area contributed by atoms with Crippen LogP contribution in [0.5, 0.6) is 0 Å². The molecule has 0 unspecified atom stereocenters. The molecule has 0 atom stereocenters. The van der Waals surface area contributed by atoms with Gasteiger partial charge in [-0.1, -0.05) is 62.4 Å². The van der Waals surface area contributed by atoms with Crippen molar-refractivity contribution in [1.29, 1.82) is 0 Å². The summed E-state index contributed by atoms with van der Waals surface area (Å²) in [6, 6.07) is 19.0. The second kappa shape index (κ2) is 12.0. The van der Waals surface area contributed by atoms with E-state index in [1.54, 1.807) is 18.5 Å². The third-order valence-corrected chi connectivity index (χ3v) is 6.00. The molecule has 0 aliphatic rings. The van der Waals surface area contributed by atoms with E-state index >= 15 is 0 Å². The van der Waals surface area contributed by atoms with Gasteiger partial charge in [-0.15, -0.1) is 0 Å². The number of allylic oxidation sites excluding steroid dienone is 4. The molecule has 0 saturated carbocycles. The lowest BCUT2D eigenvalue weighted by Crippen LogP contribution is -2.07. The van der Waals surface area contributed by atoms with Gasteiger partial charge in [0.2, 0.25) is 0 Å². The third-order valence-electron chi connectivity index (χ3n) is 6.00. The second-order valence-electron chi connectivity index (χ2n) is 8.56. The van der Waals surface area contributed by atoms with Crippen molar-refractivity contribution in [2.45, 2.75) is 20.8 Å². The molecule has 0 amide bonds. The van der Waals surface area contributed by atoms with E-state index in [0.717, 1.165) is 27.8 Å². The van der Waals surface area contributed by atoms with Crippen molar-refractivity contribution in [3.05, 3.63) is 110 Å². The van der Waals surface area contributed by atoms with Crippen LogP contribution in [-0.2, 0) is 7.05 Å². The molecule has 0 aliphatic heterocycles.